The van der Waals surface area contributed by atoms with Gasteiger partial charge in [-0.1, -0.05) is 146 Å². The van der Waals surface area contributed by atoms with Gasteiger partial charge in [-0.15, -0.1) is 0 Å². The minimum atomic E-state index is -1.20. The summed E-state index contributed by atoms with van der Waals surface area (Å²) in [7, 11) is -1.20. The standard InChI is InChI=1S/C36H30N3P/c37-34-28(25-13-4-1-5-14-25)19-10-22-31(34)40(32-23-11-20-29(35(32)38)26-15-6-2-7-16-26)33-24-12-21-30(36(33)39)27-17-8-3-9-18-27/h1-24H,37-39H2. The highest BCUT2D eigenvalue weighted by molar-refractivity contribution is 7.80. The molecule has 0 unspecified atom stereocenters. The van der Waals surface area contributed by atoms with Crippen molar-refractivity contribution in [2.75, 3.05) is 17.2 Å². The molecule has 0 heterocycles. The predicted molar refractivity (Wildman–Crippen MR) is 175 cm³/mol. The summed E-state index contributed by atoms with van der Waals surface area (Å²) in [5.74, 6) is 0. The maximum absolute atomic E-state index is 7.02. The minimum Gasteiger partial charge on any atom is -0.398 e. The Labute approximate surface area is 236 Å². The number of nitrogens with two attached hydrogens (primary N) is 3. The Balaban J connectivity index is 1.61. The van der Waals surface area contributed by atoms with Crippen LogP contribution in [-0.4, -0.2) is 0 Å². The van der Waals surface area contributed by atoms with Gasteiger partial charge in [-0.05, 0) is 24.6 Å². The van der Waals surface area contributed by atoms with Gasteiger partial charge in [0, 0.05) is 49.7 Å². The van der Waals surface area contributed by atoms with E-state index in [0.29, 0.717) is 0 Å². The summed E-state index contributed by atoms with van der Waals surface area (Å²) < 4.78 is 0. The average molecular weight is 536 g/mol. The molecule has 0 amide bonds. The number of para-hydroxylation sites is 3. The summed E-state index contributed by atoms with van der Waals surface area (Å²) in [6.45, 7) is 0. The second kappa shape index (κ2) is 11.1. The summed E-state index contributed by atoms with van der Waals surface area (Å²) in [6.07, 6.45) is 0. The Hall–Kier alpha value is -4.85. The Kier molecular flexibility index (Phi) is 7.06. The van der Waals surface area contributed by atoms with Crippen LogP contribution >= 0.6 is 7.92 Å². The maximum Gasteiger partial charge on any atom is 0.0478 e. The van der Waals surface area contributed by atoms with E-state index < -0.39 is 7.92 Å². The lowest BCUT2D eigenvalue weighted by atomic mass is 10.0. The minimum absolute atomic E-state index is 0.744. The van der Waals surface area contributed by atoms with Gasteiger partial charge in [0.1, 0.15) is 0 Å². The molecule has 194 valence electrons. The quantitative estimate of drug-likeness (QED) is 0.156. The molecule has 0 saturated heterocycles. The lowest BCUT2D eigenvalue weighted by Crippen LogP contribution is -2.27. The normalized spacial score (nSPS) is 11.0. The van der Waals surface area contributed by atoms with Gasteiger partial charge >= 0.3 is 0 Å². The molecule has 0 aliphatic rings. The number of hydrogen-bond donors (Lipinski definition) is 3. The molecule has 3 nitrogen and oxygen atoms in total. The molecule has 40 heavy (non-hydrogen) atoms. The van der Waals surface area contributed by atoms with Gasteiger partial charge in [0.2, 0.25) is 0 Å². The molecule has 4 heteroatoms. The first-order valence-corrected chi connectivity index (χ1v) is 14.6. The van der Waals surface area contributed by atoms with Crippen LogP contribution in [-0.2, 0) is 0 Å². The fourth-order valence-corrected chi connectivity index (χ4v) is 7.81. The Bertz CT molecular complexity index is 1560. The van der Waals surface area contributed by atoms with Crippen molar-refractivity contribution in [3.8, 4) is 33.4 Å². The number of anilines is 3. The van der Waals surface area contributed by atoms with Crippen molar-refractivity contribution in [1.29, 1.82) is 0 Å². The van der Waals surface area contributed by atoms with E-state index in [1.165, 1.54) is 0 Å². The summed E-state index contributed by atoms with van der Waals surface area (Å²) in [5.41, 5.74) is 29.5. The molecule has 6 aromatic carbocycles. The van der Waals surface area contributed by atoms with Gasteiger partial charge in [-0.2, -0.15) is 0 Å². The van der Waals surface area contributed by atoms with Crippen molar-refractivity contribution in [2.24, 2.45) is 0 Å². The van der Waals surface area contributed by atoms with E-state index in [1.54, 1.807) is 0 Å². The van der Waals surface area contributed by atoms with Crippen LogP contribution in [0.15, 0.2) is 146 Å². The zero-order valence-corrected chi connectivity index (χ0v) is 22.9. The molecule has 0 atom stereocenters. The van der Waals surface area contributed by atoms with Crippen LogP contribution in [0.2, 0.25) is 0 Å². The molecule has 0 spiro atoms. The van der Waals surface area contributed by atoms with Crippen LogP contribution in [0.3, 0.4) is 0 Å². The third-order valence-corrected chi connectivity index (χ3v) is 9.84. The first-order valence-electron chi connectivity index (χ1n) is 13.3. The van der Waals surface area contributed by atoms with Crippen molar-refractivity contribution in [3.05, 3.63) is 146 Å². The van der Waals surface area contributed by atoms with Crippen LogP contribution < -0.4 is 33.1 Å². The first kappa shape index (κ1) is 25.4. The molecule has 6 aromatic rings. The number of hydrogen-bond acceptors (Lipinski definition) is 3. The molecule has 6 N–H and O–H groups in total. The van der Waals surface area contributed by atoms with Crippen molar-refractivity contribution in [2.45, 2.75) is 0 Å². The van der Waals surface area contributed by atoms with Crippen LogP contribution in [0.4, 0.5) is 17.1 Å². The molecule has 0 aliphatic carbocycles. The van der Waals surface area contributed by atoms with E-state index >= 15 is 0 Å². The first-order chi connectivity index (χ1) is 19.6. The van der Waals surface area contributed by atoms with E-state index in [9.17, 15) is 0 Å². The SMILES string of the molecule is Nc1c(-c2ccccc2)cccc1P(c1cccc(-c2ccccc2)c1N)c1cccc(-c2ccccc2)c1N. The number of nitrogen functional groups attached to an aromatic ring is 3. The average Bonchev–Trinajstić information content (AvgIpc) is 3.01. The van der Waals surface area contributed by atoms with E-state index in [0.717, 1.165) is 66.4 Å². The highest BCUT2D eigenvalue weighted by atomic mass is 31.1. The van der Waals surface area contributed by atoms with Gasteiger partial charge in [-0.3, -0.25) is 0 Å². The maximum atomic E-state index is 7.02. The highest BCUT2D eigenvalue weighted by Gasteiger charge is 2.26. The molecular weight excluding hydrogens is 505 g/mol. The molecule has 0 saturated carbocycles. The second-order valence-electron chi connectivity index (χ2n) is 9.65. The Morgan fingerprint density at radius 1 is 0.300 bits per heavy atom. The van der Waals surface area contributed by atoms with Gasteiger partial charge in [0.05, 0.1) is 0 Å². The molecule has 6 rings (SSSR count). The fourth-order valence-electron chi connectivity index (χ4n) is 5.24. The van der Waals surface area contributed by atoms with Crippen LogP contribution in [0.1, 0.15) is 0 Å². The third kappa shape index (κ3) is 4.73. The second-order valence-corrected chi connectivity index (χ2v) is 11.8. The lowest BCUT2D eigenvalue weighted by Gasteiger charge is -2.26. The van der Waals surface area contributed by atoms with E-state index in [1.807, 2.05) is 54.6 Å². The van der Waals surface area contributed by atoms with Crippen molar-refractivity contribution in [3.63, 3.8) is 0 Å². The van der Waals surface area contributed by atoms with Gasteiger partial charge in [0.15, 0.2) is 0 Å². The van der Waals surface area contributed by atoms with Crippen molar-refractivity contribution < 1.29 is 0 Å². The Morgan fingerprint density at radius 2 is 0.575 bits per heavy atom. The molecule has 0 aromatic heterocycles. The number of rotatable bonds is 6. The molecular formula is C36H30N3P. The van der Waals surface area contributed by atoms with E-state index in [2.05, 4.69) is 91.0 Å². The van der Waals surface area contributed by atoms with E-state index in [-0.39, 0.29) is 0 Å². The molecule has 0 bridgehead atoms. The third-order valence-electron chi connectivity index (χ3n) is 7.23. The zero-order chi connectivity index (χ0) is 27.5. The van der Waals surface area contributed by atoms with Crippen molar-refractivity contribution >= 4 is 40.9 Å². The lowest BCUT2D eigenvalue weighted by molar-refractivity contribution is 1.62. The van der Waals surface area contributed by atoms with Crippen LogP contribution in [0, 0.1) is 0 Å². The van der Waals surface area contributed by atoms with Gasteiger partial charge in [-0.25, -0.2) is 0 Å². The smallest absolute Gasteiger partial charge is 0.0478 e. The topological polar surface area (TPSA) is 78.1 Å². The summed E-state index contributed by atoms with van der Waals surface area (Å²) in [4.78, 5) is 0. The molecule has 0 fully saturated rings. The Morgan fingerprint density at radius 3 is 0.850 bits per heavy atom. The van der Waals surface area contributed by atoms with Crippen LogP contribution in [0.5, 0.6) is 0 Å². The van der Waals surface area contributed by atoms with Gasteiger partial charge < -0.3 is 17.2 Å². The predicted octanol–water partition coefficient (Wildman–Crippen LogP) is 7.19. The van der Waals surface area contributed by atoms with Crippen molar-refractivity contribution in [1.82, 2.24) is 0 Å². The monoisotopic (exact) mass is 535 g/mol. The zero-order valence-electron chi connectivity index (χ0n) is 22.0. The summed E-state index contributed by atoms with van der Waals surface area (Å²) in [6, 6.07) is 49.6. The van der Waals surface area contributed by atoms with E-state index in [4.69, 9.17) is 17.2 Å². The molecule has 0 radical (unpaired) electrons. The fraction of sp³-hybridized carbons (Fsp3) is 0. The summed E-state index contributed by atoms with van der Waals surface area (Å²) >= 11 is 0. The number of benzene rings is 6. The highest BCUT2D eigenvalue weighted by Crippen LogP contribution is 2.44. The van der Waals surface area contributed by atoms with Gasteiger partial charge in [0.25, 0.3) is 0 Å². The molecule has 0 aliphatic heterocycles. The summed E-state index contributed by atoms with van der Waals surface area (Å²) in [5, 5.41) is 3.10. The largest absolute Gasteiger partial charge is 0.398 e. The van der Waals surface area contributed by atoms with Crippen LogP contribution in [0.25, 0.3) is 33.4 Å².